The Labute approximate surface area is 129 Å². The number of benzene rings is 1. The highest BCUT2D eigenvalue weighted by atomic mass is 19.1. The van der Waals surface area contributed by atoms with Crippen LogP contribution in [0, 0.1) is 12.7 Å². The molecule has 1 atom stereocenters. The van der Waals surface area contributed by atoms with Gasteiger partial charge in [-0.05, 0) is 48.4 Å². The number of aryl methyl sites for hydroxylation is 1. The summed E-state index contributed by atoms with van der Waals surface area (Å²) in [5, 5.41) is 9.62. The van der Waals surface area contributed by atoms with Crippen molar-refractivity contribution in [2.24, 2.45) is 0 Å². The molecule has 2 rings (SSSR count). The van der Waals surface area contributed by atoms with Gasteiger partial charge in [-0.15, -0.1) is 0 Å². The molecule has 0 radical (unpaired) electrons. The smallest absolute Gasteiger partial charge is 0.325 e. The predicted octanol–water partition coefficient (Wildman–Crippen LogP) is 3.18. The third-order valence-electron chi connectivity index (χ3n) is 3.64. The lowest BCUT2D eigenvalue weighted by atomic mass is 10.0. The van der Waals surface area contributed by atoms with Gasteiger partial charge in [-0.25, -0.2) is 4.39 Å². The minimum absolute atomic E-state index is 0.329. The van der Waals surface area contributed by atoms with Crippen LogP contribution in [0.15, 0.2) is 42.7 Å². The quantitative estimate of drug-likeness (QED) is 0.890. The molecule has 1 aromatic carbocycles. The van der Waals surface area contributed by atoms with E-state index in [0.29, 0.717) is 24.2 Å². The number of likely N-dealkylation sites (N-methyl/N-ethyl adjacent to an activating group) is 1. The monoisotopic (exact) mass is 302 g/mol. The Morgan fingerprint density at radius 3 is 2.55 bits per heavy atom. The first kappa shape index (κ1) is 16.1. The van der Waals surface area contributed by atoms with Crippen LogP contribution in [0.4, 0.5) is 4.39 Å². The van der Waals surface area contributed by atoms with E-state index in [0.717, 1.165) is 5.56 Å². The number of carbonyl (C=O) groups is 1. The maximum absolute atomic E-state index is 13.4. The molecule has 1 heterocycles. The Balaban J connectivity index is 2.32. The summed E-state index contributed by atoms with van der Waals surface area (Å²) >= 11 is 0. The maximum atomic E-state index is 13.4. The summed E-state index contributed by atoms with van der Waals surface area (Å²) in [6.07, 6.45) is 3.36. The van der Waals surface area contributed by atoms with Crippen LogP contribution in [0.2, 0.25) is 0 Å². The van der Waals surface area contributed by atoms with Crippen molar-refractivity contribution >= 4 is 5.97 Å². The summed E-state index contributed by atoms with van der Waals surface area (Å²) in [5.74, 6) is -1.27. The van der Waals surface area contributed by atoms with Crippen LogP contribution < -0.4 is 0 Å². The summed E-state index contributed by atoms with van der Waals surface area (Å²) in [5.41, 5.74) is 2.02. The Kier molecular flexibility index (Phi) is 5.22. The van der Waals surface area contributed by atoms with Crippen molar-refractivity contribution in [3.8, 4) is 0 Å². The van der Waals surface area contributed by atoms with E-state index in [2.05, 4.69) is 4.98 Å². The van der Waals surface area contributed by atoms with Crippen LogP contribution in [0.5, 0.6) is 0 Å². The first-order chi connectivity index (χ1) is 10.5. The summed E-state index contributed by atoms with van der Waals surface area (Å²) in [4.78, 5) is 17.5. The Morgan fingerprint density at radius 2 is 2.00 bits per heavy atom. The number of halogens is 1. The number of nitrogens with zero attached hydrogens (tertiary/aromatic N) is 2. The minimum Gasteiger partial charge on any atom is -0.480 e. The lowest BCUT2D eigenvalue weighted by Crippen LogP contribution is -2.33. The van der Waals surface area contributed by atoms with Gasteiger partial charge in [-0.3, -0.25) is 14.7 Å². The van der Waals surface area contributed by atoms with Crippen molar-refractivity contribution in [2.75, 3.05) is 6.54 Å². The molecule has 22 heavy (non-hydrogen) atoms. The van der Waals surface area contributed by atoms with E-state index in [4.69, 9.17) is 0 Å². The van der Waals surface area contributed by atoms with Crippen molar-refractivity contribution in [3.05, 3.63) is 65.2 Å². The van der Waals surface area contributed by atoms with Gasteiger partial charge < -0.3 is 5.11 Å². The van der Waals surface area contributed by atoms with Crippen molar-refractivity contribution in [1.29, 1.82) is 0 Å². The van der Waals surface area contributed by atoms with Crippen molar-refractivity contribution in [2.45, 2.75) is 26.4 Å². The van der Waals surface area contributed by atoms with Gasteiger partial charge in [0.05, 0.1) is 0 Å². The number of pyridine rings is 1. The van der Waals surface area contributed by atoms with Crippen molar-refractivity contribution in [3.63, 3.8) is 0 Å². The van der Waals surface area contributed by atoms with Crippen molar-refractivity contribution < 1.29 is 14.3 Å². The summed E-state index contributed by atoms with van der Waals surface area (Å²) in [6, 6.07) is 7.37. The molecule has 0 fully saturated rings. The molecule has 2 aromatic rings. The van der Waals surface area contributed by atoms with Gasteiger partial charge in [-0.1, -0.05) is 19.1 Å². The minimum atomic E-state index is -0.943. The van der Waals surface area contributed by atoms with Crippen LogP contribution in [0.3, 0.4) is 0 Å². The largest absolute Gasteiger partial charge is 0.480 e. The number of rotatable bonds is 6. The Hall–Kier alpha value is -2.27. The molecule has 1 aromatic heterocycles. The second-order valence-corrected chi connectivity index (χ2v) is 5.17. The van der Waals surface area contributed by atoms with E-state index in [1.165, 1.54) is 12.1 Å². The Morgan fingerprint density at radius 1 is 1.32 bits per heavy atom. The maximum Gasteiger partial charge on any atom is 0.325 e. The molecule has 0 aliphatic carbocycles. The topological polar surface area (TPSA) is 53.4 Å². The fourth-order valence-corrected chi connectivity index (χ4v) is 2.46. The fraction of sp³-hybridized carbons (Fsp3) is 0.294. The summed E-state index contributed by atoms with van der Waals surface area (Å²) in [6.45, 7) is 4.60. The fourth-order valence-electron chi connectivity index (χ4n) is 2.46. The average molecular weight is 302 g/mol. The van der Waals surface area contributed by atoms with Gasteiger partial charge in [0.2, 0.25) is 0 Å². The molecule has 0 aliphatic heterocycles. The van der Waals surface area contributed by atoms with Crippen LogP contribution in [-0.2, 0) is 11.3 Å². The van der Waals surface area contributed by atoms with Crippen LogP contribution in [-0.4, -0.2) is 27.5 Å². The van der Waals surface area contributed by atoms with Gasteiger partial charge in [-0.2, -0.15) is 0 Å². The van der Waals surface area contributed by atoms with E-state index in [1.54, 1.807) is 25.4 Å². The second kappa shape index (κ2) is 7.13. The average Bonchev–Trinajstić information content (AvgIpc) is 2.50. The van der Waals surface area contributed by atoms with Crippen LogP contribution in [0.1, 0.15) is 29.7 Å². The number of carboxylic acids is 1. The molecular weight excluding hydrogens is 283 g/mol. The van der Waals surface area contributed by atoms with E-state index in [9.17, 15) is 14.3 Å². The predicted molar refractivity (Wildman–Crippen MR) is 81.8 cm³/mol. The highest BCUT2D eigenvalue weighted by molar-refractivity contribution is 5.75. The lowest BCUT2D eigenvalue weighted by molar-refractivity contribution is -0.143. The second-order valence-electron chi connectivity index (χ2n) is 5.17. The first-order valence-corrected chi connectivity index (χ1v) is 7.14. The van der Waals surface area contributed by atoms with E-state index in [-0.39, 0.29) is 5.82 Å². The standard InChI is InChI=1S/C17H19FN2O2/c1-3-20(11-13-6-8-19-9-7-13)16(17(21)22)14-4-5-15(18)12(2)10-14/h4-10,16H,3,11H2,1-2H3,(H,21,22)/t16-/m1/s1. The van der Waals surface area contributed by atoms with Crippen LogP contribution in [0.25, 0.3) is 0 Å². The van der Waals surface area contributed by atoms with E-state index >= 15 is 0 Å². The molecular formula is C17H19FN2O2. The molecule has 5 heteroatoms. The first-order valence-electron chi connectivity index (χ1n) is 7.14. The molecule has 0 amide bonds. The van der Waals surface area contributed by atoms with Crippen molar-refractivity contribution in [1.82, 2.24) is 9.88 Å². The SMILES string of the molecule is CCN(Cc1ccncc1)[C@@H](C(=O)O)c1ccc(F)c(C)c1. The third-order valence-corrected chi connectivity index (χ3v) is 3.64. The molecule has 0 saturated carbocycles. The third kappa shape index (κ3) is 3.68. The number of aliphatic carboxylic acids is 1. The molecule has 116 valence electrons. The van der Waals surface area contributed by atoms with Gasteiger partial charge in [0.1, 0.15) is 11.9 Å². The number of carboxylic acid groups (broad SMARTS) is 1. The van der Waals surface area contributed by atoms with Gasteiger partial charge >= 0.3 is 5.97 Å². The van der Waals surface area contributed by atoms with E-state index in [1.807, 2.05) is 24.0 Å². The molecule has 0 saturated heterocycles. The molecule has 0 bridgehead atoms. The molecule has 1 N–H and O–H groups in total. The van der Waals surface area contributed by atoms with Gasteiger partial charge in [0.15, 0.2) is 0 Å². The van der Waals surface area contributed by atoms with E-state index < -0.39 is 12.0 Å². The normalized spacial score (nSPS) is 12.4. The number of hydrogen-bond donors (Lipinski definition) is 1. The molecule has 0 unspecified atom stereocenters. The summed E-state index contributed by atoms with van der Waals surface area (Å²) < 4.78 is 13.4. The highest BCUT2D eigenvalue weighted by Gasteiger charge is 2.27. The van der Waals surface area contributed by atoms with Gasteiger partial charge in [0.25, 0.3) is 0 Å². The zero-order valence-corrected chi connectivity index (χ0v) is 12.7. The summed E-state index contributed by atoms with van der Waals surface area (Å²) in [7, 11) is 0. The lowest BCUT2D eigenvalue weighted by Gasteiger charge is -2.28. The molecule has 0 spiro atoms. The zero-order chi connectivity index (χ0) is 16.1. The Bertz CT molecular complexity index is 646. The van der Waals surface area contributed by atoms with Crippen LogP contribution >= 0.6 is 0 Å². The number of hydrogen-bond acceptors (Lipinski definition) is 3. The number of aromatic nitrogens is 1. The zero-order valence-electron chi connectivity index (χ0n) is 12.7. The van der Waals surface area contributed by atoms with Gasteiger partial charge in [0, 0.05) is 18.9 Å². The molecule has 4 nitrogen and oxygen atoms in total. The molecule has 0 aliphatic rings. The highest BCUT2D eigenvalue weighted by Crippen LogP contribution is 2.24.